The molecule has 2 unspecified atom stereocenters. The van der Waals surface area contributed by atoms with Crippen LogP contribution in [-0.4, -0.2) is 16.0 Å². The minimum atomic E-state index is 0.255. The molecule has 3 N–H and O–H groups in total. The molecule has 2 atom stereocenters. The van der Waals surface area contributed by atoms with E-state index in [1.165, 1.54) is 36.8 Å². The van der Waals surface area contributed by atoms with E-state index in [-0.39, 0.29) is 6.04 Å². The highest BCUT2D eigenvalue weighted by atomic mass is 14.9. The van der Waals surface area contributed by atoms with Crippen LogP contribution in [0.25, 0.3) is 11.0 Å². The van der Waals surface area contributed by atoms with Crippen LogP contribution in [0.4, 0.5) is 0 Å². The van der Waals surface area contributed by atoms with Gasteiger partial charge < -0.3 is 10.7 Å². The smallest absolute Gasteiger partial charge is 0.111 e. The Kier molecular flexibility index (Phi) is 3.31. The first kappa shape index (κ1) is 12.7. The van der Waals surface area contributed by atoms with Crippen molar-refractivity contribution in [3.05, 3.63) is 29.1 Å². The number of nitrogens with one attached hydrogen (secondary N) is 1. The number of imidazole rings is 1. The van der Waals surface area contributed by atoms with Crippen molar-refractivity contribution in [1.82, 2.24) is 9.97 Å². The van der Waals surface area contributed by atoms with Crippen molar-refractivity contribution in [3.63, 3.8) is 0 Å². The maximum absolute atomic E-state index is 6.33. The standard InChI is InChI=1S/C16H23N3/c1-10-8-14-15(9-11(10)2)19-16(18-14)12-6-4-3-5-7-13(12)17/h8-9,12-13H,3-7,17H2,1-2H3,(H,18,19). The van der Waals surface area contributed by atoms with Crippen LogP contribution in [0.1, 0.15) is 55.0 Å². The molecule has 0 aliphatic heterocycles. The van der Waals surface area contributed by atoms with Gasteiger partial charge in [-0.15, -0.1) is 0 Å². The average Bonchev–Trinajstić information content (AvgIpc) is 2.63. The molecule has 0 bridgehead atoms. The summed E-state index contributed by atoms with van der Waals surface area (Å²) in [6.07, 6.45) is 6.13. The lowest BCUT2D eigenvalue weighted by atomic mass is 9.95. The number of rotatable bonds is 1. The van der Waals surface area contributed by atoms with Gasteiger partial charge in [-0.2, -0.15) is 0 Å². The van der Waals surface area contributed by atoms with E-state index >= 15 is 0 Å². The molecule has 19 heavy (non-hydrogen) atoms. The van der Waals surface area contributed by atoms with Crippen molar-refractivity contribution in [1.29, 1.82) is 0 Å². The molecule has 3 nitrogen and oxygen atoms in total. The molecule has 0 radical (unpaired) electrons. The second kappa shape index (κ2) is 4.97. The Labute approximate surface area is 114 Å². The Morgan fingerprint density at radius 3 is 2.68 bits per heavy atom. The topological polar surface area (TPSA) is 54.7 Å². The lowest BCUT2D eigenvalue weighted by molar-refractivity contribution is 0.488. The molecule has 0 spiro atoms. The van der Waals surface area contributed by atoms with E-state index in [1.54, 1.807) is 0 Å². The lowest BCUT2D eigenvalue weighted by Crippen LogP contribution is -2.27. The molecule has 2 aromatic rings. The first-order valence-corrected chi connectivity index (χ1v) is 7.37. The Hall–Kier alpha value is -1.35. The molecule has 0 saturated heterocycles. The highest BCUT2D eigenvalue weighted by Crippen LogP contribution is 2.31. The van der Waals surface area contributed by atoms with Crippen LogP contribution in [0.5, 0.6) is 0 Å². The number of aromatic amines is 1. The Morgan fingerprint density at radius 2 is 1.84 bits per heavy atom. The number of hydrogen-bond acceptors (Lipinski definition) is 2. The highest BCUT2D eigenvalue weighted by molar-refractivity contribution is 5.77. The zero-order valence-electron chi connectivity index (χ0n) is 11.9. The number of aromatic nitrogens is 2. The molecule has 0 amide bonds. The predicted molar refractivity (Wildman–Crippen MR) is 79.4 cm³/mol. The van der Waals surface area contributed by atoms with Gasteiger partial charge in [0.05, 0.1) is 11.0 Å². The van der Waals surface area contributed by atoms with Crippen molar-refractivity contribution in [2.45, 2.75) is 57.9 Å². The molecule has 3 heteroatoms. The monoisotopic (exact) mass is 257 g/mol. The van der Waals surface area contributed by atoms with Gasteiger partial charge >= 0.3 is 0 Å². The normalized spacial score (nSPS) is 24.6. The van der Waals surface area contributed by atoms with Gasteiger partial charge in [-0.25, -0.2) is 4.98 Å². The Morgan fingerprint density at radius 1 is 1.11 bits per heavy atom. The second-order valence-corrected chi connectivity index (χ2v) is 5.98. The highest BCUT2D eigenvalue weighted by Gasteiger charge is 2.24. The van der Waals surface area contributed by atoms with E-state index in [2.05, 4.69) is 31.0 Å². The molecular formula is C16H23N3. The minimum absolute atomic E-state index is 0.255. The summed E-state index contributed by atoms with van der Waals surface area (Å²) in [7, 11) is 0. The Bertz CT molecular complexity index is 546. The number of fused-ring (bicyclic) bond motifs is 1. The summed E-state index contributed by atoms with van der Waals surface area (Å²) in [5.74, 6) is 1.49. The van der Waals surface area contributed by atoms with Gasteiger partial charge in [-0.3, -0.25) is 0 Å². The van der Waals surface area contributed by atoms with Gasteiger partial charge in [0, 0.05) is 12.0 Å². The summed E-state index contributed by atoms with van der Waals surface area (Å²) in [6.45, 7) is 4.28. The van der Waals surface area contributed by atoms with Gasteiger partial charge in [0.15, 0.2) is 0 Å². The van der Waals surface area contributed by atoms with Crippen LogP contribution in [0.2, 0.25) is 0 Å². The van der Waals surface area contributed by atoms with Crippen LogP contribution >= 0.6 is 0 Å². The fourth-order valence-corrected chi connectivity index (χ4v) is 3.14. The second-order valence-electron chi connectivity index (χ2n) is 5.98. The number of hydrogen-bond donors (Lipinski definition) is 2. The van der Waals surface area contributed by atoms with Crippen molar-refractivity contribution in [2.24, 2.45) is 5.73 Å². The molecule has 1 fully saturated rings. The van der Waals surface area contributed by atoms with Crippen LogP contribution < -0.4 is 5.73 Å². The molecule has 3 rings (SSSR count). The molecule has 1 aliphatic rings. The van der Waals surface area contributed by atoms with Gasteiger partial charge in [-0.1, -0.05) is 19.3 Å². The van der Waals surface area contributed by atoms with Crippen molar-refractivity contribution in [3.8, 4) is 0 Å². The van der Waals surface area contributed by atoms with Gasteiger partial charge in [0.2, 0.25) is 0 Å². The summed E-state index contributed by atoms with van der Waals surface area (Å²) in [5.41, 5.74) is 11.2. The van der Waals surface area contributed by atoms with Crippen LogP contribution in [0.15, 0.2) is 12.1 Å². The van der Waals surface area contributed by atoms with Crippen LogP contribution in [-0.2, 0) is 0 Å². The number of benzene rings is 1. The molecule has 102 valence electrons. The van der Waals surface area contributed by atoms with Crippen LogP contribution in [0, 0.1) is 13.8 Å². The maximum atomic E-state index is 6.33. The van der Waals surface area contributed by atoms with Crippen LogP contribution in [0.3, 0.4) is 0 Å². The zero-order chi connectivity index (χ0) is 13.4. The van der Waals surface area contributed by atoms with Crippen molar-refractivity contribution >= 4 is 11.0 Å². The van der Waals surface area contributed by atoms with E-state index in [0.717, 1.165) is 23.3 Å². The van der Waals surface area contributed by atoms with E-state index < -0.39 is 0 Å². The summed E-state index contributed by atoms with van der Waals surface area (Å²) in [5, 5.41) is 0. The molecule has 1 heterocycles. The summed E-state index contributed by atoms with van der Waals surface area (Å²) in [4.78, 5) is 8.30. The lowest BCUT2D eigenvalue weighted by Gasteiger charge is -2.18. The third-order valence-electron chi connectivity index (χ3n) is 4.54. The van der Waals surface area contributed by atoms with Crippen molar-refractivity contribution in [2.75, 3.05) is 0 Å². The third kappa shape index (κ3) is 2.39. The molecule has 1 aliphatic carbocycles. The average molecular weight is 257 g/mol. The maximum Gasteiger partial charge on any atom is 0.111 e. The van der Waals surface area contributed by atoms with Crippen molar-refractivity contribution < 1.29 is 0 Å². The number of nitrogens with zero attached hydrogens (tertiary/aromatic N) is 1. The summed E-state index contributed by atoms with van der Waals surface area (Å²) < 4.78 is 0. The first-order valence-electron chi connectivity index (χ1n) is 7.37. The SMILES string of the molecule is Cc1cc2nc(C3CCCCCC3N)[nH]c2cc1C. The quantitative estimate of drug-likeness (QED) is 0.767. The predicted octanol–water partition coefficient (Wildman–Crippen LogP) is 3.55. The number of nitrogens with two attached hydrogens (primary N) is 1. The third-order valence-corrected chi connectivity index (χ3v) is 4.54. The first-order chi connectivity index (χ1) is 9.15. The zero-order valence-corrected chi connectivity index (χ0v) is 11.9. The van der Waals surface area contributed by atoms with E-state index in [1.807, 2.05) is 0 Å². The Balaban J connectivity index is 2.00. The number of aryl methyl sites for hydroxylation is 2. The molecule has 1 saturated carbocycles. The van der Waals surface area contributed by atoms with Gasteiger partial charge in [-0.05, 0) is 49.9 Å². The molecule has 1 aromatic carbocycles. The molecular weight excluding hydrogens is 234 g/mol. The number of H-pyrrole nitrogens is 1. The summed E-state index contributed by atoms with van der Waals surface area (Å²) >= 11 is 0. The minimum Gasteiger partial charge on any atom is -0.342 e. The van der Waals surface area contributed by atoms with E-state index in [0.29, 0.717) is 5.92 Å². The van der Waals surface area contributed by atoms with E-state index in [9.17, 15) is 0 Å². The van der Waals surface area contributed by atoms with Gasteiger partial charge in [0.25, 0.3) is 0 Å². The fourth-order valence-electron chi connectivity index (χ4n) is 3.14. The van der Waals surface area contributed by atoms with Gasteiger partial charge in [0.1, 0.15) is 5.82 Å². The van der Waals surface area contributed by atoms with E-state index in [4.69, 9.17) is 10.7 Å². The fraction of sp³-hybridized carbons (Fsp3) is 0.562. The summed E-state index contributed by atoms with van der Waals surface area (Å²) in [6, 6.07) is 4.63. The largest absolute Gasteiger partial charge is 0.342 e. The molecule has 1 aromatic heterocycles.